The van der Waals surface area contributed by atoms with Crippen LogP contribution in [0.4, 0.5) is 0 Å². The van der Waals surface area contributed by atoms with Crippen LogP contribution in [0.5, 0.6) is 5.75 Å². The fourth-order valence-electron chi connectivity index (χ4n) is 1.19. The van der Waals surface area contributed by atoms with E-state index in [1.807, 2.05) is 0 Å². The molecule has 15 heavy (non-hydrogen) atoms. The highest BCUT2D eigenvalue weighted by Gasteiger charge is 2.29. The zero-order valence-electron chi connectivity index (χ0n) is 8.94. The molecule has 0 spiro atoms. The fraction of sp³-hybridized carbons (Fsp3) is 0.364. The minimum Gasteiger partial charge on any atom is -0.496 e. The molecule has 0 aliphatic rings. The van der Waals surface area contributed by atoms with Crippen LogP contribution in [0.15, 0.2) is 23.1 Å². The topological polar surface area (TPSA) is 46.5 Å². The van der Waals surface area contributed by atoms with Crippen molar-refractivity contribution in [2.24, 2.45) is 0 Å². The lowest BCUT2D eigenvalue weighted by Crippen LogP contribution is -2.28. The van der Waals surface area contributed by atoms with Gasteiger partial charge >= 0.3 is 5.97 Å². The van der Waals surface area contributed by atoms with Crippen LogP contribution in [-0.2, 0) is 10.2 Å². The predicted molar refractivity (Wildman–Crippen MR) is 60.9 cm³/mol. The molecular weight excluding hydrogens is 212 g/mol. The first-order valence-corrected chi connectivity index (χ1v) is 4.95. The first kappa shape index (κ1) is 11.9. The van der Waals surface area contributed by atoms with Crippen LogP contribution in [0.25, 0.3) is 0 Å². The molecule has 0 aliphatic carbocycles. The molecule has 0 fully saturated rings. The largest absolute Gasteiger partial charge is 0.496 e. The van der Waals surface area contributed by atoms with Gasteiger partial charge in [-0.2, -0.15) is 0 Å². The van der Waals surface area contributed by atoms with Crippen molar-refractivity contribution in [1.82, 2.24) is 0 Å². The standard InChI is InChI=1S/C11H14O3S/c1-11(2,10(12)13)7-4-5-9(15)8(6-7)14-3/h4-6,15H,1-3H3,(H,12,13). The van der Waals surface area contributed by atoms with Crippen molar-refractivity contribution in [3.05, 3.63) is 23.8 Å². The van der Waals surface area contributed by atoms with E-state index in [-0.39, 0.29) is 0 Å². The number of hydrogen-bond donors (Lipinski definition) is 2. The van der Waals surface area contributed by atoms with E-state index in [2.05, 4.69) is 12.6 Å². The van der Waals surface area contributed by atoms with Crippen molar-refractivity contribution in [3.8, 4) is 5.75 Å². The third-order valence-electron chi connectivity index (χ3n) is 2.44. The Labute approximate surface area is 94.5 Å². The molecular formula is C11H14O3S. The number of benzene rings is 1. The second-order valence-electron chi connectivity index (χ2n) is 3.82. The summed E-state index contributed by atoms with van der Waals surface area (Å²) in [5.74, 6) is -0.276. The Kier molecular flexibility index (Phi) is 3.29. The number of methoxy groups -OCH3 is 1. The lowest BCUT2D eigenvalue weighted by Gasteiger charge is -2.20. The monoisotopic (exact) mass is 226 g/mol. The van der Waals surface area contributed by atoms with Gasteiger partial charge in [0.15, 0.2) is 0 Å². The molecule has 0 bridgehead atoms. The maximum absolute atomic E-state index is 11.0. The van der Waals surface area contributed by atoms with Gasteiger partial charge in [0.1, 0.15) is 5.75 Å². The van der Waals surface area contributed by atoms with Crippen molar-refractivity contribution < 1.29 is 14.6 Å². The van der Waals surface area contributed by atoms with Gasteiger partial charge in [-0.05, 0) is 31.5 Å². The SMILES string of the molecule is COc1cc(C(C)(C)C(=O)O)ccc1S. The minimum atomic E-state index is -0.922. The second kappa shape index (κ2) is 4.14. The van der Waals surface area contributed by atoms with E-state index >= 15 is 0 Å². The molecule has 0 aromatic heterocycles. The molecule has 0 saturated heterocycles. The van der Waals surface area contributed by atoms with Crippen LogP contribution in [0.2, 0.25) is 0 Å². The third kappa shape index (κ3) is 2.26. The Hall–Kier alpha value is -1.16. The summed E-state index contributed by atoms with van der Waals surface area (Å²) in [7, 11) is 1.53. The summed E-state index contributed by atoms with van der Waals surface area (Å²) in [4.78, 5) is 11.7. The molecule has 0 radical (unpaired) electrons. The van der Waals surface area contributed by atoms with Gasteiger partial charge in [-0.1, -0.05) is 6.07 Å². The Bertz CT molecular complexity index is 385. The smallest absolute Gasteiger partial charge is 0.313 e. The third-order valence-corrected chi connectivity index (χ3v) is 2.81. The molecule has 1 rings (SSSR count). The van der Waals surface area contributed by atoms with Gasteiger partial charge in [-0.25, -0.2) is 0 Å². The van der Waals surface area contributed by atoms with E-state index in [0.29, 0.717) is 16.2 Å². The van der Waals surface area contributed by atoms with Crippen molar-refractivity contribution in [3.63, 3.8) is 0 Å². The van der Waals surface area contributed by atoms with Crippen LogP contribution in [-0.4, -0.2) is 18.2 Å². The van der Waals surface area contributed by atoms with E-state index in [0.717, 1.165) is 0 Å². The van der Waals surface area contributed by atoms with Crippen LogP contribution in [0.3, 0.4) is 0 Å². The Morgan fingerprint density at radius 1 is 1.47 bits per heavy atom. The molecule has 0 saturated carbocycles. The lowest BCUT2D eigenvalue weighted by molar-refractivity contribution is -0.142. The molecule has 1 aromatic rings. The van der Waals surface area contributed by atoms with Crippen LogP contribution < -0.4 is 4.74 Å². The average molecular weight is 226 g/mol. The highest BCUT2D eigenvalue weighted by atomic mass is 32.1. The van der Waals surface area contributed by atoms with Crippen LogP contribution >= 0.6 is 12.6 Å². The average Bonchev–Trinajstić information content (AvgIpc) is 2.18. The van der Waals surface area contributed by atoms with Gasteiger partial charge in [-0.15, -0.1) is 12.6 Å². The number of aliphatic carboxylic acids is 1. The van der Waals surface area contributed by atoms with Gasteiger partial charge in [0.25, 0.3) is 0 Å². The summed E-state index contributed by atoms with van der Waals surface area (Å²) in [6.07, 6.45) is 0. The van der Waals surface area contributed by atoms with E-state index in [4.69, 9.17) is 9.84 Å². The van der Waals surface area contributed by atoms with Gasteiger partial charge in [0, 0.05) is 4.90 Å². The number of hydrogen-bond acceptors (Lipinski definition) is 3. The summed E-state index contributed by atoms with van der Waals surface area (Å²) < 4.78 is 5.09. The Morgan fingerprint density at radius 2 is 2.07 bits per heavy atom. The summed E-state index contributed by atoms with van der Waals surface area (Å²) in [6.45, 7) is 3.31. The Balaban J connectivity index is 3.22. The molecule has 0 heterocycles. The quantitative estimate of drug-likeness (QED) is 0.778. The van der Waals surface area contributed by atoms with Crippen LogP contribution in [0.1, 0.15) is 19.4 Å². The van der Waals surface area contributed by atoms with E-state index < -0.39 is 11.4 Å². The zero-order valence-corrected chi connectivity index (χ0v) is 9.84. The number of rotatable bonds is 3. The molecule has 0 unspecified atom stereocenters. The first-order chi connectivity index (χ1) is 6.89. The number of carbonyl (C=O) groups is 1. The zero-order chi connectivity index (χ0) is 11.6. The van der Waals surface area contributed by atoms with E-state index in [9.17, 15) is 4.79 Å². The van der Waals surface area contributed by atoms with E-state index in [1.165, 1.54) is 7.11 Å². The maximum atomic E-state index is 11.0. The maximum Gasteiger partial charge on any atom is 0.313 e. The number of ether oxygens (including phenoxy) is 1. The molecule has 82 valence electrons. The summed E-state index contributed by atoms with van der Waals surface area (Å²) in [5, 5.41) is 9.07. The minimum absolute atomic E-state index is 0.588. The van der Waals surface area contributed by atoms with Gasteiger partial charge in [-0.3, -0.25) is 4.79 Å². The van der Waals surface area contributed by atoms with Crippen molar-refractivity contribution >= 4 is 18.6 Å². The normalized spacial score (nSPS) is 11.2. The second-order valence-corrected chi connectivity index (χ2v) is 4.30. The number of carboxylic acid groups (broad SMARTS) is 1. The molecule has 1 N–H and O–H groups in total. The molecule has 0 atom stereocenters. The van der Waals surface area contributed by atoms with Crippen molar-refractivity contribution in [2.45, 2.75) is 24.2 Å². The predicted octanol–water partition coefficient (Wildman–Crippen LogP) is 2.35. The lowest BCUT2D eigenvalue weighted by atomic mass is 9.85. The van der Waals surface area contributed by atoms with Gasteiger partial charge in [0.2, 0.25) is 0 Å². The van der Waals surface area contributed by atoms with Crippen molar-refractivity contribution in [1.29, 1.82) is 0 Å². The molecule has 4 heteroatoms. The molecule has 0 amide bonds. The van der Waals surface area contributed by atoms with E-state index in [1.54, 1.807) is 32.0 Å². The molecule has 1 aromatic carbocycles. The molecule has 0 aliphatic heterocycles. The number of thiol groups is 1. The van der Waals surface area contributed by atoms with Gasteiger partial charge in [0.05, 0.1) is 12.5 Å². The van der Waals surface area contributed by atoms with Crippen LogP contribution in [0, 0.1) is 0 Å². The Morgan fingerprint density at radius 3 is 2.53 bits per heavy atom. The number of carboxylic acids is 1. The highest BCUT2D eigenvalue weighted by molar-refractivity contribution is 7.80. The molecule has 3 nitrogen and oxygen atoms in total. The van der Waals surface area contributed by atoms with Gasteiger partial charge < -0.3 is 9.84 Å². The van der Waals surface area contributed by atoms with Crippen molar-refractivity contribution in [2.75, 3.05) is 7.11 Å². The fourth-order valence-corrected chi connectivity index (χ4v) is 1.42. The highest BCUT2D eigenvalue weighted by Crippen LogP contribution is 2.30. The summed E-state index contributed by atoms with van der Waals surface area (Å²) >= 11 is 4.20. The summed E-state index contributed by atoms with van der Waals surface area (Å²) in [5.41, 5.74) is -0.223. The first-order valence-electron chi connectivity index (χ1n) is 4.50. The summed E-state index contributed by atoms with van der Waals surface area (Å²) in [6, 6.07) is 5.19.